The van der Waals surface area contributed by atoms with E-state index in [9.17, 15) is 5.11 Å². The SMILES string of the molecule is OCc1cc(Cl)ccc1Sc1cc2ccccc2[nH]1. The molecule has 2 nitrogen and oxygen atoms in total. The van der Waals surface area contributed by atoms with E-state index in [2.05, 4.69) is 17.1 Å². The molecular formula is C15H12ClNOS. The average Bonchev–Trinajstić information content (AvgIpc) is 2.83. The van der Waals surface area contributed by atoms with Gasteiger partial charge in [-0.05, 0) is 35.9 Å². The molecule has 0 atom stereocenters. The molecule has 0 aliphatic heterocycles. The lowest BCUT2D eigenvalue weighted by Gasteiger charge is -2.06. The molecule has 0 spiro atoms. The third-order valence-corrected chi connectivity index (χ3v) is 4.21. The molecule has 0 aliphatic carbocycles. The summed E-state index contributed by atoms with van der Waals surface area (Å²) < 4.78 is 0. The Morgan fingerprint density at radius 3 is 2.74 bits per heavy atom. The first-order valence-electron chi connectivity index (χ1n) is 5.91. The molecule has 0 bridgehead atoms. The van der Waals surface area contributed by atoms with Crippen molar-refractivity contribution >= 4 is 34.3 Å². The summed E-state index contributed by atoms with van der Waals surface area (Å²) in [5, 5.41) is 12.3. The number of hydrogen-bond donors (Lipinski definition) is 2. The Bertz CT molecular complexity index is 690. The van der Waals surface area contributed by atoms with Crippen LogP contribution in [0.15, 0.2) is 58.5 Å². The molecule has 4 heteroatoms. The minimum atomic E-state index is -0.0108. The first-order chi connectivity index (χ1) is 9.26. The molecule has 0 aliphatic rings. The van der Waals surface area contributed by atoms with E-state index in [0.717, 1.165) is 21.0 Å². The van der Waals surface area contributed by atoms with Crippen LogP contribution >= 0.6 is 23.4 Å². The first-order valence-corrected chi connectivity index (χ1v) is 7.10. The highest BCUT2D eigenvalue weighted by Gasteiger charge is 2.07. The van der Waals surface area contributed by atoms with Gasteiger partial charge < -0.3 is 10.1 Å². The first kappa shape index (κ1) is 12.6. The van der Waals surface area contributed by atoms with Crippen LogP contribution in [0.4, 0.5) is 0 Å². The van der Waals surface area contributed by atoms with Crippen molar-refractivity contribution in [2.45, 2.75) is 16.5 Å². The second kappa shape index (κ2) is 5.29. The van der Waals surface area contributed by atoms with Gasteiger partial charge in [0.2, 0.25) is 0 Å². The van der Waals surface area contributed by atoms with Gasteiger partial charge >= 0.3 is 0 Å². The quantitative estimate of drug-likeness (QED) is 0.746. The molecule has 2 aromatic carbocycles. The van der Waals surface area contributed by atoms with Gasteiger partial charge in [0.15, 0.2) is 0 Å². The molecule has 0 amide bonds. The summed E-state index contributed by atoms with van der Waals surface area (Å²) in [6.45, 7) is -0.0108. The summed E-state index contributed by atoms with van der Waals surface area (Å²) in [5.41, 5.74) is 1.96. The van der Waals surface area contributed by atoms with Gasteiger partial charge in [-0.25, -0.2) is 0 Å². The van der Waals surface area contributed by atoms with E-state index >= 15 is 0 Å². The summed E-state index contributed by atoms with van der Waals surface area (Å²) in [7, 11) is 0. The summed E-state index contributed by atoms with van der Waals surface area (Å²) in [5.74, 6) is 0. The predicted molar refractivity (Wildman–Crippen MR) is 79.8 cm³/mol. The number of aliphatic hydroxyl groups excluding tert-OH is 1. The molecule has 0 saturated carbocycles. The van der Waals surface area contributed by atoms with Gasteiger partial charge in [0, 0.05) is 20.8 Å². The Labute approximate surface area is 120 Å². The number of para-hydroxylation sites is 1. The van der Waals surface area contributed by atoms with Gasteiger partial charge in [-0.3, -0.25) is 0 Å². The van der Waals surface area contributed by atoms with Crippen molar-refractivity contribution < 1.29 is 5.11 Å². The highest BCUT2D eigenvalue weighted by atomic mass is 35.5. The molecule has 0 saturated heterocycles. The number of H-pyrrole nitrogens is 1. The molecule has 0 fully saturated rings. The van der Waals surface area contributed by atoms with E-state index in [0.29, 0.717) is 5.02 Å². The van der Waals surface area contributed by atoms with Crippen molar-refractivity contribution in [1.82, 2.24) is 4.98 Å². The van der Waals surface area contributed by atoms with E-state index in [1.165, 1.54) is 5.39 Å². The molecule has 19 heavy (non-hydrogen) atoms. The fraction of sp³-hybridized carbons (Fsp3) is 0.0667. The molecule has 2 N–H and O–H groups in total. The van der Waals surface area contributed by atoms with Crippen LogP contribution in [0, 0.1) is 0 Å². The van der Waals surface area contributed by atoms with E-state index in [4.69, 9.17) is 11.6 Å². The van der Waals surface area contributed by atoms with Crippen LogP contribution in [0.3, 0.4) is 0 Å². The maximum Gasteiger partial charge on any atom is 0.0781 e. The zero-order chi connectivity index (χ0) is 13.2. The van der Waals surface area contributed by atoms with Crippen LogP contribution in [0.1, 0.15) is 5.56 Å². The second-order valence-electron chi connectivity index (χ2n) is 4.23. The van der Waals surface area contributed by atoms with Crippen LogP contribution < -0.4 is 0 Å². The summed E-state index contributed by atoms with van der Waals surface area (Å²) in [6.07, 6.45) is 0. The van der Waals surface area contributed by atoms with Crippen LogP contribution in [0.5, 0.6) is 0 Å². The van der Waals surface area contributed by atoms with Crippen molar-refractivity contribution in [3.05, 3.63) is 59.1 Å². The van der Waals surface area contributed by atoms with E-state index in [-0.39, 0.29) is 6.61 Å². The number of nitrogens with one attached hydrogen (secondary N) is 1. The lowest BCUT2D eigenvalue weighted by atomic mass is 10.2. The van der Waals surface area contributed by atoms with Gasteiger partial charge in [0.05, 0.1) is 11.6 Å². The third-order valence-electron chi connectivity index (χ3n) is 2.92. The van der Waals surface area contributed by atoms with Crippen LogP contribution in [0.2, 0.25) is 5.02 Å². The lowest BCUT2D eigenvalue weighted by Crippen LogP contribution is -1.87. The van der Waals surface area contributed by atoms with Crippen molar-refractivity contribution in [3.8, 4) is 0 Å². The number of halogens is 1. The molecule has 0 unspecified atom stereocenters. The Morgan fingerprint density at radius 2 is 1.95 bits per heavy atom. The average molecular weight is 290 g/mol. The number of benzene rings is 2. The number of aromatic amines is 1. The van der Waals surface area contributed by atoms with Crippen molar-refractivity contribution in [1.29, 1.82) is 0 Å². The zero-order valence-corrected chi connectivity index (χ0v) is 11.6. The molecule has 0 radical (unpaired) electrons. The minimum Gasteiger partial charge on any atom is -0.392 e. The Morgan fingerprint density at radius 1 is 1.11 bits per heavy atom. The zero-order valence-electron chi connectivity index (χ0n) is 10.1. The van der Waals surface area contributed by atoms with Crippen LogP contribution in [-0.2, 0) is 6.61 Å². The summed E-state index contributed by atoms with van der Waals surface area (Å²) >= 11 is 7.53. The fourth-order valence-electron chi connectivity index (χ4n) is 1.99. The largest absolute Gasteiger partial charge is 0.392 e. The third kappa shape index (κ3) is 2.63. The van der Waals surface area contributed by atoms with E-state index < -0.39 is 0 Å². The molecule has 1 aromatic heterocycles. The smallest absolute Gasteiger partial charge is 0.0781 e. The van der Waals surface area contributed by atoms with Gasteiger partial charge in [-0.1, -0.05) is 41.6 Å². The highest BCUT2D eigenvalue weighted by Crippen LogP contribution is 2.33. The highest BCUT2D eigenvalue weighted by molar-refractivity contribution is 7.99. The Kier molecular flexibility index (Phi) is 3.51. The predicted octanol–water partition coefficient (Wildman–Crippen LogP) is 4.46. The molecule has 3 rings (SSSR count). The molecular weight excluding hydrogens is 278 g/mol. The van der Waals surface area contributed by atoms with Crippen molar-refractivity contribution in [2.75, 3.05) is 0 Å². The maximum absolute atomic E-state index is 9.38. The van der Waals surface area contributed by atoms with Gasteiger partial charge in [-0.2, -0.15) is 0 Å². The topological polar surface area (TPSA) is 36.0 Å². The molecule has 3 aromatic rings. The minimum absolute atomic E-state index is 0.0108. The fourth-order valence-corrected chi connectivity index (χ4v) is 3.16. The lowest BCUT2D eigenvalue weighted by molar-refractivity contribution is 0.279. The number of fused-ring (bicyclic) bond motifs is 1. The standard InChI is InChI=1S/C15H12ClNOS/c16-12-5-6-14(11(7-12)9-18)19-15-8-10-3-1-2-4-13(10)17-15/h1-8,17-18H,9H2. The Balaban J connectivity index is 1.96. The van der Waals surface area contributed by atoms with Gasteiger partial charge in [-0.15, -0.1) is 0 Å². The van der Waals surface area contributed by atoms with Gasteiger partial charge in [0.1, 0.15) is 0 Å². The number of aromatic nitrogens is 1. The molecule has 96 valence electrons. The van der Waals surface area contributed by atoms with Crippen LogP contribution in [0.25, 0.3) is 10.9 Å². The van der Waals surface area contributed by atoms with Crippen molar-refractivity contribution in [2.24, 2.45) is 0 Å². The number of rotatable bonds is 3. The summed E-state index contributed by atoms with van der Waals surface area (Å²) in [4.78, 5) is 4.37. The van der Waals surface area contributed by atoms with Gasteiger partial charge in [0.25, 0.3) is 0 Å². The molecule has 1 heterocycles. The van der Waals surface area contributed by atoms with E-state index in [1.54, 1.807) is 17.8 Å². The second-order valence-corrected chi connectivity index (χ2v) is 5.75. The monoisotopic (exact) mass is 289 g/mol. The van der Waals surface area contributed by atoms with Crippen LogP contribution in [-0.4, -0.2) is 10.1 Å². The summed E-state index contributed by atoms with van der Waals surface area (Å²) in [6, 6.07) is 15.8. The maximum atomic E-state index is 9.38. The number of hydrogen-bond acceptors (Lipinski definition) is 2. The number of aliphatic hydroxyl groups is 1. The van der Waals surface area contributed by atoms with Crippen molar-refractivity contribution in [3.63, 3.8) is 0 Å². The van der Waals surface area contributed by atoms with E-state index in [1.807, 2.05) is 30.3 Å². The Hall–Kier alpha value is -1.42. The normalized spacial score (nSPS) is 11.1.